The first-order chi connectivity index (χ1) is 11.0. The Labute approximate surface area is 136 Å². The van der Waals surface area contributed by atoms with Crippen molar-refractivity contribution >= 4 is 10.0 Å². The van der Waals surface area contributed by atoms with Gasteiger partial charge in [-0.1, -0.05) is 12.1 Å². The quantitative estimate of drug-likeness (QED) is 0.905. The second-order valence-electron chi connectivity index (χ2n) is 5.75. The minimum Gasteiger partial charge on any atom is -0.449 e. The highest BCUT2D eigenvalue weighted by molar-refractivity contribution is 7.89. The Balaban J connectivity index is 1.86. The molecule has 1 fully saturated rings. The summed E-state index contributed by atoms with van der Waals surface area (Å²) in [5, 5.41) is 3.07. The molecule has 0 aliphatic carbocycles. The summed E-state index contributed by atoms with van der Waals surface area (Å²) >= 11 is 0. The predicted octanol–water partition coefficient (Wildman–Crippen LogP) is 2.02. The summed E-state index contributed by atoms with van der Waals surface area (Å²) in [4.78, 5) is 4.58. The van der Waals surface area contributed by atoms with E-state index in [0.29, 0.717) is 29.6 Å². The van der Waals surface area contributed by atoms with Gasteiger partial charge in [0.1, 0.15) is 12.0 Å². The Morgan fingerprint density at radius 1 is 1.35 bits per heavy atom. The maximum atomic E-state index is 12.8. The van der Waals surface area contributed by atoms with Crippen molar-refractivity contribution in [1.82, 2.24) is 14.6 Å². The number of rotatable bonds is 5. The third kappa shape index (κ3) is 3.17. The van der Waals surface area contributed by atoms with Crippen LogP contribution < -0.4 is 5.32 Å². The normalized spacial score (nSPS) is 19.3. The van der Waals surface area contributed by atoms with Gasteiger partial charge in [-0.2, -0.15) is 4.31 Å². The van der Waals surface area contributed by atoms with Gasteiger partial charge in [0.05, 0.1) is 4.90 Å². The first kappa shape index (κ1) is 16.2. The Hall–Kier alpha value is -1.70. The number of aromatic nitrogens is 1. The molecular formula is C16H21N3O3S. The van der Waals surface area contributed by atoms with Crippen LogP contribution in [0.15, 0.2) is 39.8 Å². The summed E-state index contributed by atoms with van der Waals surface area (Å²) in [5.41, 5.74) is 1.55. The first-order valence-corrected chi connectivity index (χ1v) is 9.15. The standard InChI is InChI=1S/C16H21N3O3S/c1-12-18-16(11-22-12)13-5-7-15(8-6-13)23(20,21)19-9-3-4-14(19)10-17-2/h5-8,11,14,17H,3-4,9-10H2,1-2H3. The molecule has 124 valence electrons. The van der Waals surface area contributed by atoms with E-state index in [1.165, 1.54) is 0 Å². The van der Waals surface area contributed by atoms with Crippen LogP contribution >= 0.6 is 0 Å². The molecule has 23 heavy (non-hydrogen) atoms. The lowest BCUT2D eigenvalue weighted by Gasteiger charge is -2.23. The summed E-state index contributed by atoms with van der Waals surface area (Å²) < 4.78 is 32.5. The van der Waals surface area contributed by atoms with Crippen LogP contribution in [0.25, 0.3) is 11.3 Å². The Bertz CT molecular complexity index is 768. The van der Waals surface area contributed by atoms with Gasteiger partial charge in [0.2, 0.25) is 10.0 Å². The number of sulfonamides is 1. The van der Waals surface area contributed by atoms with E-state index in [2.05, 4.69) is 10.3 Å². The summed E-state index contributed by atoms with van der Waals surface area (Å²) in [5.74, 6) is 0.587. The van der Waals surface area contributed by atoms with Gasteiger partial charge in [-0.25, -0.2) is 13.4 Å². The van der Waals surface area contributed by atoms with Crippen LogP contribution in [-0.4, -0.2) is 43.9 Å². The Morgan fingerprint density at radius 3 is 2.70 bits per heavy atom. The van der Waals surface area contributed by atoms with Gasteiger partial charge in [0.15, 0.2) is 5.89 Å². The summed E-state index contributed by atoms with van der Waals surface area (Å²) in [6.07, 6.45) is 3.38. The number of oxazole rings is 1. The maximum absolute atomic E-state index is 12.8. The largest absolute Gasteiger partial charge is 0.449 e. The topological polar surface area (TPSA) is 75.4 Å². The molecule has 0 saturated carbocycles. The molecule has 0 spiro atoms. The second kappa shape index (κ2) is 6.43. The van der Waals surface area contributed by atoms with Crippen LogP contribution in [0, 0.1) is 6.92 Å². The van der Waals surface area contributed by atoms with Crippen LogP contribution in [0.5, 0.6) is 0 Å². The van der Waals surface area contributed by atoms with Crippen molar-refractivity contribution in [3.8, 4) is 11.3 Å². The smallest absolute Gasteiger partial charge is 0.243 e. The zero-order chi connectivity index (χ0) is 16.4. The number of benzene rings is 1. The second-order valence-corrected chi connectivity index (χ2v) is 7.64. The molecule has 1 aliphatic rings. The van der Waals surface area contributed by atoms with Crippen LogP contribution in [-0.2, 0) is 10.0 Å². The molecule has 1 aromatic carbocycles. The molecule has 3 rings (SSSR count). The first-order valence-electron chi connectivity index (χ1n) is 7.71. The van der Waals surface area contributed by atoms with E-state index in [0.717, 1.165) is 18.4 Å². The van der Waals surface area contributed by atoms with Gasteiger partial charge in [-0.05, 0) is 32.0 Å². The van der Waals surface area contributed by atoms with E-state index >= 15 is 0 Å². The van der Waals surface area contributed by atoms with Crippen LogP contribution in [0.3, 0.4) is 0 Å². The highest BCUT2D eigenvalue weighted by Gasteiger charge is 2.34. The lowest BCUT2D eigenvalue weighted by Crippen LogP contribution is -2.40. The van der Waals surface area contributed by atoms with Crippen LogP contribution in [0.1, 0.15) is 18.7 Å². The molecule has 1 aromatic heterocycles. The predicted molar refractivity (Wildman–Crippen MR) is 87.5 cm³/mol. The third-order valence-corrected chi connectivity index (χ3v) is 6.10. The summed E-state index contributed by atoms with van der Waals surface area (Å²) in [6.45, 7) is 3.03. The van der Waals surface area contributed by atoms with Crippen molar-refractivity contribution in [3.05, 3.63) is 36.4 Å². The van der Waals surface area contributed by atoms with Gasteiger partial charge in [-0.3, -0.25) is 0 Å². The van der Waals surface area contributed by atoms with Crippen molar-refractivity contribution in [2.45, 2.75) is 30.7 Å². The molecule has 7 heteroatoms. The zero-order valence-corrected chi connectivity index (χ0v) is 14.1. The SMILES string of the molecule is CNCC1CCCN1S(=O)(=O)c1ccc(-c2coc(C)n2)cc1. The van der Waals surface area contributed by atoms with E-state index in [1.807, 2.05) is 7.05 Å². The molecule has 2 heterocycles. The van der Waals surface area contributed by atoms with E-state index in [-0.39, 0.29) is 6.04 Å². The van der Waals surface area contributed by atoms with E-state index in [4.69, 9.17) is 4.42 Å². The fourth-order valence-electron chi connectivity index (χ4n) is 2.99. The molecule has 1 unspecified atom stereocenters. The fraction of sp³-hybridized carbons (Fsp3) is 0.438. The van der Waals surface area contributed by atoms with Gasteiger partial charge in [0.25, 0.3) is 0 Å². The van der Waals surface area contributed by atoms with E-state index in [1.54, 1.807) is 41.8 Å². The molecule has 0 amide bonds. The summed E-state index contributed by atoms with van der Waals surface area (Å²) in [6, 6.07) is 6.86. The van der Waals surface area contributed by atoms with Crippen molar-refractivity contribution in [2.75, 3.05) is 20.1 Å². The number of hydrogen-bond acceptors (Lipinski definition) is 5. The lowest BCUT2D eigenvalue weighted by molar-refractivity contribution is 0.379. The minimum absolute atomic E-state index is 0.0304. The molecule has 1 aliphatic heterocycles. The number of hydrogen-bond donors (Lipinski definition) is 1. The van der Waals surface area contributed by atoms with Crippen molar-refractivity contribution in [2.24, 2.45) is 0 Å². The highest BCUT2D eigenvalue weighted by Crippen LogP contribution is 2.27. The average molecular weight is 335 g/mol. The Morgan fingerprint density at radius 2 is 2.09 bits per heavy atom. The monoisotopic (exact) mass is 335 g/mol. The molecule has 2 aromatic rings. The van der Waals surface area contributed by atoms with Crippen LogP contribution in [0.4, 0.5) is 0 Å². The number of nitrogens with zero attached hydrogens (tertiary/aromatic N) is 2. The molecule has 0 radical (unpaired) electrons. The van der Waals surface area contributed by atoms with Gasteiger partial charge in [0, 0.05) is 31.6 Å². The van der Waals surface area contributed by atoms with Crippen molar-refractivity contribution in [1.29, 1.82) is 0 Å². The number of likely N-dealkylation sites (N-methyl/N-ethyl adjacent to an activating group) is 1. The molecule has 1 atom stereocenters. The van der Waals surface area contributed by atoms with Gasteiger partial charge >= 0.3 is 0 Å². The molecule has 0 bridgehead atoms. The molecule has 1 saturated heterocycles. The third-order valence-electron chi connectivity index (χ3n) is 4.14. The van der Waals surface area contributed by atoms with Gasteiger partial charge in [-0.15, -0.1) is 0 Å². The van der Waals surface area contributed by atoms with E-state index in [9.17, 15) is 8.42 Å². The zero-order valence-electron chi connectivity index (χ0n) is 13.3. The highest BCUT2D eigenvalue weighted by atomic mass is 32.2. The van der Waals surface area contributed by atoms with Gasteiger partial charge < -0.3 is 9.73 Å². The van der Waals surface area contributed by atoms with Crippen molar-refractivity contribution < 1.29 is 12.8 Å². The minimum atomic E-state index is -3.45. The maximum Gasteiger partial charge on any atom is 0.243 e. The van der Waals surface area contributed by atoms with Crippen molar-refractivity contribution in [3.63, 3.8) is 0 Å². The van der Waals surface area contributed by atoms with Crippen LogP contribution in [0.2, 0.25) is 0 Å². The average Bonchev–Trinajstić information content (AvgIpc) is 3.17. The summed E-state index contributed by atoms with van der Waals surface area (Å²) in [7, 11) is -1.61. The lowest BCUT2D eigenvalue weighted by atomic mass is 10.2. The Kier molecular flexibility index (Phi) is 4.52. The number of nitrogens with one attached hydrogen (secondary N) is 1. The van der Waals surface area contributed by atoms with E-state index < -0.39 is 10.0 Å². The molecule has 6 nitrogen and oxygen atoms in total. The number of aryl methyl sites for hydroxylation is 1. The molecular weight excluding hydrogens is 314 g/mol. The molecule has 1 N–H and O–H groups in total. The fourth-order valence-corrected chi connectivity index (χ4v) is 4.69.